The summed E-state index contributed by atoms with van der Waals surface area (Å²) in [7, 11) is 0. The van der Waals surface area contributed by atoms with Gasteiger partial charge in [-0.15, -0.1) is 0 Å². The number of carbonyl (C=O) groups excluding carboxylic acids is 4. The Labute approximate surface area is 164 Å². The second-order valence-corrected chi connectivity index (χ2v) is 7.79. The number of rotatable bonds is 8. The minimum Gasteiger partial charge on any atom is -0.486 e. The summed E-state index contributed by atoms with van der Waals surface area (Å²) in [6.45, 7) is 6.79. The highest BCUT2D eigenvalue weighted by Gasteiger charge is 2.36. The number of ether oxygens (including phenoxy) is 2. The number of benzene rings is 1. The lowest BCUT2D eigenvalue weighted by Crippen LogP contribution is -2.45. The Hall–Kier alpha value is -2.90. The number of hydrogen-bond donors (Lipinski definition) is 1. The summed E-state index contributed by atoms with van der Waals surface area (Å²) in [5.74, 6) is -1.12. The van der Waals surface area contributed by atoms with Gasteiger partial charge in [0, 0.05) is 18.5 Å². The minimum atomic E-state index is -0.922. The van der Waals surface area contributed by atoms with E-state index in [4.69, 9.17) is 15.2 Å². The van der Waals surface area contributed by atoms with Gasteiger partial charge in [0.15, 0.2) is 5.78 Å². The van der Waals surface area contributed by atoms with Crippen molar-refractivity contribution >= 4 is 23.6 Å². The molecule has 1 atom stereocenters. The van der Waals surface area contributed by atoms with Gasteiger partial charge in [0.05, 0.1) is 0 Å². The molecular weight excluding hydrogens is 364 g/mol. The van der Waals surface area contributed by atoms with Crippen molar-refractivity contribution in [1.29, 1.82) is 0 Å². The molecule has 8 heteroatoms. The molecule has 0 bridgehead atoms. The number of amides is 2. The second-order valence-electron chi connectivity index (χ2n) is 7.79. The molecule has 2 amide bonds. The maximum atomic E-state index is 12.7. The first-order valence-electron chi connectivity index (χ1n) is 9.05. The molecule has 1 aromatic rings. The van der Waals surface area contributed by atoms with Gasteiger partial charge in [-0.3, -0.25) is 19.2 Å². The number of carbonyl (C=O) groups is 4. The van der Waals surface area contributed by atoms with E-state index in [1.165, 1.54) is 11.8 Å². The molecule has 0 fully saturated rings. The molecule has 0 aromatic heterocycles. The van der Waals surface area contributed by atoms with Crippen molar-refractivity contribution < 1.29 is 28.7 Å². The first-order chi connectivity index (χ1) is 13.0. The van der Waals surface area contributed by atoms with Gasteiger partial charge in [-0.1, -0.05) is 0 Å². The third-order valence-electron chi connectivity index (χ3n) is 4.10. The molecule has 0 unspecified atom stereocenters. The van der Waals surface area contributed by atoms with E-state index in [0.29, 0.717) is 16.9 Å². The number of nitrogens with zero attached hydrogens (tertiary/aromatic N) is 1. The number of Topliss-reactive ketones (excluding diaryl/α,β-unsaturated/α-hetero) is 1. The highest BCUT2D eigenvalue weighted by atomic mass is 16.6. The third kappa shape index (κ3) is 5.55. The molecule has 1 heterocycles. The van der Waals surface area contributed by atoms with Crippen LogP contribution >= 0.6 is 0 Å². The number of ketones is 1. The van der Waals surface area contributed by atoms with Gasteiger partial charge in [0.1, 0.15) is 24.0 Å². The highest BCUT2D eigenvalue weighted by Crippen LogP contribution is 2.29. The van der Waals surface area contributed by atoms with E-state index in [2.05, 4.69) is 0 Å². The molecule has 1 aromatic carbocycles. The largest absolute Gasteiger partial charge is 0.486 e. The zero-order valence-electron chi connectivity index (χ0n) is 16.6. The van der Waals surface area contributed by atoms with E-state index < -0.39 is 23.5 Å². The van der Waals surface area contributed by atoms with Gasteiger partial charge in [-0.05, 0) is 57.9 Å². The molecular formula is C20H26N2O6. The van der Waals surface area contributed by atoms with Crippen LogP contribution in [0.15, 0.2) is 18.2 Å². The van der Waals surface area contributed by atoms with Crippen molar-refractivity contribution in [3.63, 3.8) is 0 Å². The molecule has 0 saturated carbocycles. The molecule has 2 N–H and O–H groups in total. The molecule has 0 radical (unpaired) electrons. The fourth-order valence-corrected chi connectivity index (χ4v) is 2.94. The average molecular weight is 390 g/mol. The van der Waals surface area contributed by atoms with Gasteiger partial charge >= 0.3 is 5.97 Å². The molecule has 1 aliphatic rings. The summed E-state index contributed by atoms with van der Waals surface area (Å²) in [6, 6.07) is 3.94. The first kappa shape index (κ1) is 21.4. The standard InChI is InChI=1S/C20H26N2O6/c1-12(23)11-27-14-5-6-15-13(9-14)10-22(19(15)26)16(18(21)25)7-8-17(24)28-20(2,3)4/h5-6,9,16H,7-8,10-11H2,1-4H3,(H2,21,25)/t16-/m1/s1. The summed E-state index contributed by atoms with van der Waals surface area (Å²) in [5, 5.41) is 0. The van der Waals surface area contributed by atoms with Crippen LogP contribution in [0.2, 0.25) is 0 Å². The van der Waals surface area contributed by atoms with Crippen LogP contribution in [-0.2, 0) is 25.7 Å². The van der Waals surface area contributed by atoms with Crippen molar-refractivity contribution in [2.75, 3.05) is 6.61 Å². The van der Waals surface area contributed by atoms with E-state index in [-0.39, 0.29) is 37.7 Å². The van der Waals surface area contributed by atoms with Gasteiger partial charge in [-0.25, -0.2) is 0 Å². The van der Waals surface area contributed by atoms with Gasteiger partial charge in [0.25, 0.3) is 5.91 Å². The zero-order valence-corrected chi connectivity index (χ0v) is 16.6. The van der Waals surface area contributed by atoms with E-state index in [9.17, 15) is 19.2 Å². The summed E-state index contributed by atoms with van der Waals surface area (Å²) < 4.78 is 10.6. The van der Waals surface area contributed by atoms with Crippen LogP contribution < -0.4 is 10.5 Å². The fraction of sp³-hybridized carbons (Fsp3) is 0.500. The molecule has 1 aliphatic heterocycles. The second kappa shape index (κ2) is 8.41. The van der Waals surface area contributed by atoms with E-state index in [1.807, 2.05) is 0 Å². The van der Waals surface area contributed by atoms with Gasteiger partial charge in [-0.2, -0.15) is 0 Å². The molecule has 0 aliphatic carbocycles. The smallest absolute Gasteiger partial charge is 0.306 e. The molecule has 0 spiro atoms. The lowest BCUT2D eigenvalue weighted by atomic mass is 10.1. The van der Waals surface area contributed by atoms with Crippen molar-refractivity contribution in [3.8, 4) is 5.75 Å². The quantitative estimate of drug-likeness (QED) is 0.674. The van der Waals surface area contributed by atoms with Crippen LogP contribution in [0, 0.1) is 0 Å². The van der Waals surface area contributed by atoms with Crippen molar-refractivity contribution in [2.24, 2.45) is 5.73 Å². The number of hydrogen-bond acceptors (Lipinski definition) is 6. The SMILES string of the molecule is CC(=O)COc1ccc2c(c1)CN([C@H](CCC(=O)OC(C)(C)C)C(N)=O)C2=O. The van der Waals surface area contributed by atoms with Gasteiger partial charge < -0.3 is 20.1 Å². The number of nitrogens with two attached hydrogens (primary N) is 1. The third-order valence-corrected chi connectivity index (χ3v) is 4.10. The fourth-order valence-electron chi connectivity index (χ4n) is 2.94. The first-order valence-corrected chi connectivity index (χ1v) is 9.05. The van der Waals surface area contributed by atoms with Crippen LogP contribution in [0.1, 0.15) is 56.5 Å². The Morgan fingerprint density at radius 2 is 1.93 bits per heavy atom. The molecule has 152 valence electrons. The Kier molecular flexibility index (Phi) is 6.43. The summed E-state index contributed by atoms with van der Waals surface area (Å²) >= 11 is 0. The normalized spacial score (nSPS) is 14.4. The Bertz CT molecular complexity index is 796. The summed E-state index contributed by atoms with van der Waals surface area (Å²) in [4.78, 5) is 49.0. The maximum absolute atomic E-state index is 12.7. The zero-order chi connectivity index (χ0) is 21.1. The van der Waals surface area contributed by atoms with E-state index >= 15 is 0 Å². The Morgan fingerprint density at radius 3 is 2.50 bits per heavy atom. The van der Waals surface area contributed by atoms with E-state index in [1.54, 1.807) is 39.0 Å². The highest BCUT2D eigenvalue weighted by molar-refractivity contribution is 6.01. The minimum absolute atomic E-state index is 0.0298. The molecule has 2 rings (SSSR count). The lowest BCUT2D eigenvalue weighted by Gasteiger charge is -2.25. The van der Waals surface area contributed by atoms with Crippen molar-refractivity contribution in [2.45, 2.75) is 58.7 Å². The van der Waals surface area contributed by atoms with Crippen LogP contribution in [0.3, 0.4) is 0 Å². The average Bonchev–Trinajstić information content (AvgIpc) is 2.87. The van der Waals surface area contributed by atoms with Crippen molar-refractivity contribution in [3.05, 3.63) is 29.3 Å². The predicted molar refractivity (Wildman–Crippen MR) is 101 cm³/mol. The Balaban J connectivity index is 2.09. The summed E-state index contributed by atoms with van der Waals surface area (Å²) in [6.07, 6.45) is 0.0512. The lowest BCUT2D eigenvalue weighted by molar-refractivity contribution is -0.155. The Morgan fingerprint density at radius 1 is 1.25 bits per heavy atom. The van der Waals surface area contributed by atoms with Crippen LogP contribution in [0.4, 0.5) is 0 Å². The molecule has 0 saturated heterocycles. The maximum Gasteiger partial charge on any atom is 0.306 e. The summed E-state index contributed by atoms with van der Waals surface area (Å²) in [5.41, 5.74) is 5.98. The monoisotopic (exact) mass is 390 g/mol. The topological polar surface area (TPSA) is 116 Å². The molecule has 8 nitrogen and oxygen atoms in total. The van der Waals surface area contributed by atoms with Crippen LogP contribution in [0.25, 0.3) is 0 Å². The number of primary amides is 1. The number of esters is 1. The van der Waals surface area contributed by atoms with Crippen LogP contribution in [0.5, 0.6) is 5.75 Å². The van der Waals surface area contributed by atoms with Crippen molar-refractivity contribution in [1.82, 2.24) is 4.90 Å². The van der Waals surface area contributed by atoms with Gasteiger partial charge in [0.2, 0.25) is 5.91 Å². The van der Waals surface area contributed by atoms with Crippen LogP contribution in [-0.4, -0.2) is 46.7 Å². The predicted octanol–water partition coefficient (Wildman–Crippen LogP) is 1.59. The molecule has 28 heavy (non-hydrogen) atoms. The number of fused-ring (bicyclic) bond motifs is 1. The van der Waals surface area contributed by atoms with E-state index in [0.717, 1.165) is 0 Å².